The second kappa shape index (κ2) is 8.48. The fourth-order valence-electron chi connectivity index (χ4n) is 2.30. The van der Waals surface area contributed by atoms with Crippen molar-refractivity contribution in [3.63, 3.8) is 0 Å². The first kappa shape index (κ1) is 17.9. The average Bonchev–Trinajstić information content (AvgIpc) is 3.35. The van der Waals surface area contributed by atoms with E-state index >= 15 is 0 Å². The first-order chi connectivity index (χ1) is 12.7. The number of hydrogen-bond donors (Lipinski definition) is 1. The summed E-state index contributed by atoms with van der Waals surface area (Å²) in [7, 11) is 1.56. The van der Waals surface area contributed by atoms with Gasteiger partial charge in [0.25, 0.3) is 5.91 Å². The molecule has 8 heteroatoms. The zero-order valence-electron chi connectivity index (χ0n) is 14.5. The number of amides is 1. The Morgan fingerprint density at radius 1 is 1.27 bits per heavy atom. The van der Waals surface area contributed by atoms with Crippen LogP contribution in [0.3, 0.4) is 0 Å². The zero-order chi connectivity index (χ0) is 18.4. The largest absolute Gasteiger partial charge is 0.493 e. The molecule has 0 saturated carbocycles. The van der Waals surface area contributed by atoms with Gasteiger partial charge in [-0.1, -0.05) is 30.3 Å². The molecule has 0 aliphatic rings. The molecule has 3 aromatic rings. The summed E-state index contributed by atoms with van der Waals surface area (Å²) in [6.07, 6.45) is -0.139. The molecule has 0 aliphatic heterocycles. The van der Waals surface area contributed by atoms with Crippen molar-refractivity contribution in [2.45, 2.75) is 26.0 Å². The van der Waals surface area contributed by atoms with Crippen LogP contribution < -0.4 is 14.8 Å². The van der Waals surface area contributed by atoms with Gasteiger partial charge in [-0.25, -0.2) is 0 Å². The summed E-state index contributed by atoms with van der Waals surface area (Å²) in [5.74, 6) is 1.70. The summed E-state index contributed by atoms with van der Waals surface area (Å²) in [5.41, 5.74) is 0. The van der Waals surface area contributed by atoms with Gasteiger partial charge < -0.3 is 19.3 Å². The highest BCUT2D eigenvalue weighted by Crippen LogP contribution is 2.27. The topological polar surface area (TPSA) is 86.5 Å². The lowest BCUT2D eigenvalue weighted by atomic mass is 10.2. The summed E-state index contributed by atoms with van der Waals surface area (Å²) in [5, 5.41) is 8.62. The van der Waals surface area contributed by atoms with Gasteiger partial charge in [0.2, 0.25) is 11.7 Å². The van der Waals surface area contributed by atoms with Crippen molar-refractivity contribution in [2.75, 3.05) is 7.11 Å². The van der Waals surface area contributed by atoms with E-state index in [2.05, 4.69) is 15.5 Å². The molecule has 1 atom stereocenters. The number of aromatic nitrogens is 2. The molecule has 0 fully saturated rings. The third-order valence-corrected chi connectivity index (χ3v) is 4.49. The third-order valence-electron chi connectivity index (χ3n) is 3.63. The Balaban J connectivity index is 1.59. The fraction of sp³-hybridized carbons (Fsp3) is 0.278. The zero-order valence-corrected chi connectivity index (χ0v) is 15.3. The van der Waals surface area contributed by atoms with Crippen LogP contribution in [-0.4, -0.2) is 29.3 Å². The van der Waals surface area contributed by atoms with Crippen molar-refractivity contribution in [3.8, 4) is 22.2 Å². The van der Waals surface area contributed by atoms with Gasteiger partial charge in [-0.2, -0.15) is 4.98 Å². The molecule has 1 aromatic carbocycles. The Morgan fingerprint density at radius 3 is 2.77 bits per heavy atom. The lowest BCUT2D eigenvalue weighted by Crippen LogP contribution is -2.37. The Labute approximate surface area is 154 Å². The van der Waals surface area contributed by atoms with Crippen molar-refractivity contribution >= 4 is 17.2 Å². The molecule has 0 unspecified atom stereocenters. The number of rotatable bonds is 8. The molecule has 26 heavy (non-hydrogen) atoms. The van der Waals surface area contributed by atoms with Crippen LogP contribution in [0.1, 0.15) is 19.2 Å². The maximum Gasteiger partial charge on any atom is 0.261 e. The van der Waals surface area contributed by atoms with E-state index in [1.807, 2.05) is 36.6 Å². The van der Waals surface area contributed by atoms with Gasteiger partial charge in [-0.3, -0.25) is 4.79 Å². The van der Waals surface area contributed by atoms with Crippen LogP contribution in [-0.2, 0) is 11.3 Å². The normalized spacial score (nSPS) is 11.8. The maximum atomic E-state index is 12.4. The number of ether oxygens (including phenoxy) is 2. The number of benzene rings is 1. The fourth-order valence-corrected chi connectivity index (χ4v) is 2.95. The van der Waals surface area contributed by atoms with Gasteiger partial charge in [-0.15, -0.1) is 11.3 Å². The van der Waals surface area contributed by atoms with E-state index in [0.717, 1.165) is 4.88 Å². The van der Waals surface area contributed by atoms with E-state index in [1.54, 1.807) is 19.2 Å². The Bertz CT molecular complexity index is 848. The minimum Gasteiger partial charge on any atom is -0.493 e. The van der Waals surface area contributed by atoms with Crippen LogP contribution in [0.2, 0.25) is 0 Å². The molecule has 2 aromatic heterocycles. The molecule has 1 N–H and O–H groups in total. The van der Waals surface area contributed by atoms with Gasteiger partial charge in [0.1, 0.15) is 0 Å². The van der Waals surface area contributed by atoms with E-state index in [9.17, 15) is 4.79 Å². The molecular formula is C18H19N3O4S. The molecule has 136 valence electrons. The molecule has 7 nitrogen and oxygen atoms in total. The van der Waals surface area contributed by atoms with Gasteiger partial charge in [0.15, 0.2) is 17.6 Å². The molecule has 0 saturated heterocycles. The predicted octanol–water partition coefficient (Wildman–Crippen LogP) is 3.28. The van der Waals surface area contributed by atoms with Gasteiger partial charge in [0.05, 0.1) is 18.5 Å². The van der Waals surface area contributed by atoms with Crippen LogP contribution in [0.15, 0.2) is 46.3 Å². The molecule has 0 bridgehead atoms. The standard InChI is InChI=1S/C18H19N3O4S/c1-3-12(24-14-8-5-4-7-13(14)23-2)18(22)19-11-16-20-17(21-25-16)15-9-6-10-26-15/h4-10,12H,3,11H2,1-2H3,(H,19,22)/t12-/m0/s1. The van der Waals surface area contributed by atoms with Crippen molar-refractivity contribution in [1.29, 1.82) is 0 Å². The van der Waals surface area contributed by atoms with Crippen LogP contribution in [0.25, 0.3) is 10.7 Å². The maximum absolute atomic E-state index is 12.4. The molecular weight excluding hydrogens is 354 g/mol. The highest BCUT2D eigenvalue weighted by Gasteiger charge is 2.20. The van der Waals surface area contributed by atoms with Crippen LogP contribution in [0, 0.1) is 0 Å². The van der Waals surface area contributed by atoms with E-state index in [0.29, 0.717) is 29.6 Å². The Morgan fingerprint density at radius 2 is 2.08 bits per heavy atom. The monoisotopic (exact) mass is 373 g/mol. The predicted molar refractivity (Wildman–Crippen MR) is 97.2 cm³/mol. The van der Waals surface area contributed by atoms with Gasteiger partial charge in [-0.05, 0) is 30.0 Å². The van der Waals surface area contributed by atoms with E-state index in [-0.39, 0.29) is 12.5 Å². The second-order valence-electron chi connectivity index (χ2n) is 5.37. The lowest BCUT2D eigenvalue weighted by molar-refractivity contribution is -0.128. The van der Waals surface area contributed by atoms with Gasteiger partial charge in [0, 0.05) is 0 Å². The van der Waals surface area contributed by atoms with E-state index < -0.39 is 6.10 Å². The lowest BCUT2D eigenvalue weighted by Gasteiger charge is -2.18. The summed E-state index contributed by atoms with van der Waals surface area (Å²) in [6, 6.07) is 11.0. The first-order valence-electron chi connectivity index (χ1n) is 8.15. The third kappa shape index (κ3) is 4.20. The number of hydrogen-bond acceptors (Lipinski definition) is 7. The van der Waals surface area contributed by atoms with Crippen LogP contribution >= 0.6 is 11.3 Å². The first-order valence-corrected chi connectivity index (χ1v) is 9.03. The number of para-hydroxylation sites is 2. The smallest absolute Gasteiger partial charge is 0.261 e. The number of carbonyl (C=O) groups excluding carboxylic acids is 1. The minimum atomic E-state index is -0.647. The SMILES string of the molecule is CC[C@H](Oc1ccccc1OC)C(=O)NCc1nc(-c2cccs2)no1. The molecule has 0 aliphatic carbocycles. The molecule has 1 amide bonds. The highest BCUT2D eigenvalue weighted by molar-refractivity contribution is 7.13. The van der Waals surface area contributed by atoms with Crippen molar-refractivity contribution in [2.24, 2.45) is 0 Å². The number of methoxy groups -OCH3 is 1. The Kier molecular flexibility index (Phi) is 5.85. The molecule has 2 heterocycles. The van der Waals surface area contributed by atoms with E-state index in [1.165, 1.54) is 11.3 Å². The molecule has 3 rings (SSSR count). The number of thiophene rings is 1. The summed E-state index contributed by atoms with van der Waals surface area (Å²) < 4.78 is 16.2. The van der Waals surface area contributed by atoms with Crippen molar-refractivity contribution in [3.05, 3.63) is 47.7 Å². The summed E-state index contributed by atoms with van der Waals surface area (Å²) in [6.45, 7) is 2.02. The van der Waals surface area contributed by atoms with Gasteiger partial charge >= 0.3 is 0 Å². The average molecular weight is 373 g/mol. The quantitative estimate of drug-likeness (QED) is 0.652. The Hall–Kier alpha value is -2.87. The summed E-state index contributed by atoms with van der Waals surface area (Å²) in [4.78, 5) is 17.6. The number of nitrogens with zero attached hydrogens (tertiary/aromatic N) is 2. The van der Waals surface area contributed by atoms with Crippen molar-refractivity contribution in [1.82, 2.24) is 15.5 Å². The molecule has 0 spiro atoms. The number of carbonyl (C=O) groups is 1. The van der Waals surface area contributed by atoms with Crippen molar-refractivity contribution < 1.29 is 18.8 Å². The molecule has 0 radical (unpaired) electrons. The van der Waals surface area contributed by atoms with Crippen LogP contribution in [0.5, 0.6) is 11.5 Å². The second-order valence-corrected chi connectivity index (χ2v) is 6.32. The van der Waals surface area contributed by atoms with Crippen LogP contribution in [0.4, 0.5) is 0 Å². The minimum absolute atomic E-state index is 0.142. The highest BCUT2D eigenvalue weighted by atomic mass is 32.1. The number of nitrogens with one attached hydrogen (secondary N) is 1. The summed E-state index contributed by atoms with van der Waals surface area (Å²) >= 11 is 1.52. The van der Waals surface area contributed by atoms with E-state index in [4.69, 9.17) is 14.0 Å².